The van der Waals surface area contributed by atoms with Gasteiger partial charge in [0.2, 0.25) is 0 Å². The fraction of sp³-hybridized carbons (Fsp3) is 0.476. The molecule has 1 aromatic rings. The number of nitrogens with zero attached hydrogens (tertiary/aromatic N) is 1. The Kier molecular flexibility index (Phi) is 6.25. The third-order valence-corrected chi connectivity index (χ3v) is 4.50. The Labute approximate surface area is 167 Å². The minimum absolute atomic E-state index is 0.126. The van der Waals surface area contributed by atoms with Crippen LogP contribution >= 0.6 is 0 Å². The van der Waals surface area contributed by atoms with Crippen molar-refractivity contribution in [2.45, 2.75) is 52.3 Å². The zero-order valence-electron chi connectivity index (χ0n) is 17.2. The van der Waals surface area contributed by atoms with E-state index < -0.39 is 41.1 Å². The molecule has 0 saturated heterocycles. The summed E-state index contributed by atoms with van der Waals surface area (Å²) < 4.78 is 49.2. The first-order valence-corrected chi connectivity index (χ1v) is 9.00. The van der Waals surface area contributed by atoms with Gasteiger partial charge in [-0.05, 0) is 52.3 Å². The molecule has 0 aliphatic carbocycles. The Morgan fingerprint density at radius 1 is 1.03 bits per heavy atom. The van der Waals surface area contributed by atoms with Crippen LogP contribution in [-0.2, 0) is 25.2 Å². The highest BCUT2D eigenvalue weighted by molar-refractivity contribution is 6.07. The van der Waals surface area contributed by atoms with Crippen LogP contribution in [0.2, 0.25) is 0 Å². The summed E-state index contributed by atoms with van der Waals surface area (Å²) in [5.74, 6) is -3.14. The van der Waals surface area contributed by atoms with Crippen molar-refractivity contribution in [1.82, 2.24) is 0 Å². The van der Waals surface area contributed by atoms with E-state index in [1.165, 1.54) is 19.2 Å². The summed E-state index contributed by atoms with van der Waals surface area (Å²) in [6, 6.07) is 4.37. The highest BCUT2D eigenvalue weighted by Crippen LogP contribution is 2.41. The van der Waals surface area contributed by atoms with Crippen molar-refractivity contribution in [2.24, 2.45) is 10.9 Å². The molecule has 29 heavy (non-hydrogen) atoms. The second kappa shape index (κ2) is 8.00. The highest BCUT2D eigenvalue weighted by atomic mass is 19.4. The number of hydrogen-bond acceptors (Lipinski definition) is 5. The van der Waals surface area contributed by atoms with Gasteiger partial charge in [-0.1, -0.05) is 12.1 Å². The average molecular weight is 411 g/mol. The van der Waals surface area contributed by atoms with Crippen molar-refractivity contribution < 1.29 is 32.2 Å². The number of methoxy groups -OCH3 is 1. The van der Waals surface area contributed by atoms with E-state index in [1.54, 1.807) is 34.6 Å². The molecule has 158 valence electrons. The molecule has 0 fully saturated rings. The topological polar surface area (TPSA) is 65.0 Å². The van der Waals surface area contributed by atoms with Crippen LogP contribution in [0.25, 0.3) is 0 Å². The minimum atomic E-state index is -4.50. The SMILES string of the molecule is COC(=O)C1C(C)=NC(C)=C(C(=O)OC(C)(C)C)C1c1ccc(C(F)(F)F)cc1. The summed E-state index contributed by atoms with van der Waals surface area (Å²) in [6.45, 7) is 8.32. The first-order chi connectivity index (χ1) is 13.3. The zero-order chi connectivity index (χ0) is 22.1. The number of allylic oxidation sites excluding steroid dienone is 1. The molecule has 0 aromatic heterocycles. The maximum absolute atomic E-state index is 13.0. The molecule has 5 nitrogen and oxygen atoms in total. The number of carbonyl (C=O) groups is 2. The summed E-state index contributed by atoms with van der Waals surface area (Å²) in [4.78, 5) is 29.7. The van der Waals surface area contributed by atoms with Crippen molar-refractivity contribution in [3.05, 3.63) is 46.7 Å². The summed E-state index contributed by atoms with van der Waals surface area (Å²) >= 11 is 0. The van der Waals surface area contributed by atoms with Crippen molar-refractivity contribution in [1.29, 1.82) is 0 Å². The summed E-state index contributed by atoms with van der Waals surface area (Å²) in [6.07, 6.45) is -4.50. The summed E-state index contributed by atoms with van der Waals surface area (Å²) in [5.41, 5.74) is -0.375. The molecule has 0 spiro atoms. The van der Waals surface area contributed by atoms with E-state index in [9.17, 15) is 22.8 Å². The van der Waals surface area contributed by atoms with Gasteiger partial charge in [0, 0.05) is 17.3 Å². The first kappa shape index (κ1) is 22.6. The maximum atomic E-state index is 13.0. The van der Waals surface area contributed by atoms with E-state index in [0.29, 0.717) is 17.0 Å². The Balaban J connectivity index is 2.63. The van der Waals surface area contributed by atoms with Crippen molar-refractivity contribution in [3.63, 3.8) is 0 Å². The predicted octanol–water partition coefficient (Wildman–Crippen LogP) is 4.67. The van der Waals surface area contributed by atoms with E-state index in [1.807, 2.05) is 0 Å². The third kappa shape index (κ3) is 5.05. The number of hydrogen-bond donors (Lipinski definition) is 0. The second-order valence-corrected chi connectivity index (χ2v) is 7.85. The lowest BCUT2D eigenvalue weighted by Gasteiger charge is -2.32. The van der Waals surface area contributed by atoms with Crippen LogP contribution in [0.15, 0.2) is 40.5 Å². The molecular weight excluding hydrogens is 387 g/mol. The predicted molar refractivity (Wildman–Crippen MR) is 101 cm³/mol. The number of benzene rings is 1. The molecule has 1 aromatic carbocycles. The monoisotopic (exact) mass is 411 g/mol. The van der Waals surface area contributed by atoms with Crippen LogP contribution in [-0.4, -0.2) is 30.4 Å². The molecule has 0 bridgehead atoms. The van der Waals surface area contributed by atoms with Gasteiger partial charge < -0.3 is 9.47 Å². The van der Waals surface area contributed by atoms with Gasteiger partial charge in [0.25, 0.3) is 0 Å². The number of rotatable bonds is 3. The molecule has 0 N–H and O–H groups in total. The van der Waals surface area contributed by atoms with E-state index in [-0.39, 0.29) is 5.57 Å². The van der Waals surface area contributed by atoms with Gasteiger partial charge in [-0.2, -0.15) is 13.2 Å². The van der Waals surface area contributed by atoms with E-state index in [2.05, 4.69) is 4.99 Å². The van der Waals surface area contributed by atoms with Crippen LogP contribution in [0.1, 0.15) is 51.7 Å². The lowest BCUT2D eigenvalue weighted by Crippen LogP contribution is -2.37. The Morgan fingerprint density at radius 2 is 1.59 bits per heavy atom. The number of halogens is 3. The van der Waals surface area contributed by atoms with Gasteiger partial charge in [0.15, 0.2) is 0 Å². The lowest BCUT2D eigenvalue weighted by atomic mass is 9.75. The number of carbonyl (C=O) groups excluding carboxylic acids is 2. The number of ether oxygens (including phenoxy) is 2. The van der Waals surface area contributed by atoms with Crippen LogP contribution in [0.4, 0.5) is 13.2 Å². The van der Waals surface area contributed by atoms with Gasteiger partial charge in [-0.3, -0.25) is 9.79 Å². The first-order valence-electron chi connectivity index (χ1n) is 9.00. The number of aliphatic imine (C=N–C) groups is 1. The van der Waals surface area contributed by atoms with E-state index >= 15 is 0 Å². The van der Waals surface area contributed by atoms with Crippen LogP contribution < -0.4 is 0 Å². The Bertz CT molecular complexity index is 861. The maximum Gasteiger partial charge on any atom is 0.416 e. The van der Waals surface area contributed by atoms with Gasteiger partial charge in [0.05, 0.1) is 18.2 Å². The van der Waals surface area contributed by atoms with Gasteiger partial charge in [-0.15, -0.1) is 0 Å². The Morgan fingerprint density at radius 3 is 2.03 bits per heavy atom. The fourth-order valence-electron chi connectivity index (χ4n) is 3.31. The molecule has 0 amide bonds. The summed E-state index contributed by atoms with van der Waals surface area (Å²) in [7, 11) is 1.21. The van der Waals surface area contributed by atoms with Gasteiger partial charge >= 0.3 is 18.1 Å². The number of alkyl halides is 3. The van der Waals surface area contributed by atoms with Gasteiger partial charge in [0.1, 0.15) is 11.5 Å². The van der Waals surface area contributed by atoms with Gasteiger partial charge in [-0.25, -0.2) is 4.79 Å². The Hall–Kier alpha value is -2.64. The molecule has 1 heterocycles. The van der Waals surface area contributed by atoms with E-state index in [0.717, 1.165) is 12.1 Å². The van der Waals surface area contributed by atoms with Crippen molar-refractivity contribution >= 4 is 17.7 Å². The molecule has 0 radical (unpaired) electrons. The zero-order valence-corrected chi connectivity index (χ0v) is 17.2. The molecule has 2 atom stereocenters. The summed E-state index contributed by atoms with van der Waals surface area (Å²) in [5, 5.41) is 0. The van der Waals surface area contributed by atoms with Crippen molar-refractivity contribution in [3.8, 4) is 0 Å². The van der Waals surface area contributed by atoms with Crippen LogP contribution in [0, 0.1) is 5.92 Å². The number of esters is 2. The third-order valence-electron chi connectivity index (χ3n) is 4.50. The highest BCUT2D eigenvalue weighted by Gasteiger charge is 2.43. The standard InChI is InChI=1S/C21H24F3NO4/c1-11-15(18(26)28-6)17(13-7-9-14(10-8-13)21(22,23)24)16(12(2)25-11)19(27)29-20(3,4)5/h7-10,15,17H,1-6H3. The molecule has 8 heteroatoms. The average Bonchev–Trinajstić information content (AvgIpc) is 2.58. The molecule has 0 saturated carbocycles. The normalized spacial score (nSPS) is 20.2. The lowest BCUT2D eigenvalue weighted by molar-refractivity contribution is -0.150. The molecule has 2 rings (SSSR count). The quantitative estimate of drug-likeness (QED) is 0.678. The minimum Gasteiger partial charge on any atom is -0.468 e. The molecule has 2 unspecified atom stereocenters. The van der Waals surface area contributed by atoms with E-state index in [4.69, 9.17) is 9.47 Å². The van der Waals surface area contributed by atoms with Crippen LogP contribution in [0.5, 0.6) is 0 Å². The van der Waals surface area contributed by atoms with Crippen molar-refractivity contribution in [2.75, 3.05) is 7.11 Å². The van der Waals surface area contributed by atoms with Crippen LogP contribution in [0.3, 0.4) is 0 Å². The second-order valence-electron chi connectivity index (χ2n) is 7.85. The largest absolute Gasteiger partial charge is 0.468 e. The molecule has 1 aliphatic heterocycles. The smallest absolute Gasteiger partial charge is 0.416 e. The fourth-order valence-corrected chi connectivity index (χ4v) is 3.31. The molecular formula is C21H24F3NO4. The molecule has 1 aliphatic rings.